The predicted molar refractivity (Wildman–Crippen MR) is 87.4 cm³/mol. The smallest absolute Gasteiger partial charge is 0.0367 e. The number of rotatable bonds is 3. The van der Waals surface area contributed by atoms with Crippen molar-refractivity contribution in [2.24, 2.45) is 0 Å². The van der Waals surface area contributed by atoms with Crippen molar-refractivity contribution in [3.05, 3.63) is 42.0 Å². The number of hydrogen-bond donors (Lipinski definition) is 0. The van der Waals surface area contributed by atoms with E-state index in [1.54, 1.807) is 0 Å². The number of anilines is 1. The van der Waals surface area contributed by atoms with Gasteiger partial charge in [-0.2, -0.15) is 0 Å². The molecule has 1 aliphatic rings. The summed E-state index contributed by atoms with van der Waals surface area (Å²) in [5.41, 5.74) is 2.71. The highest BCUT2D eigenvalue weighted by Gasteiger charge is 2.10. The first kappa shape index (κ1) is 13.4. The zero-order valence-electron chi connectivity index (χ0n) is 12.6. The van der Waals surface area contributed by atoms with Crippen molar-refractivity contribution >= 4 is 16.5 Å². The summed E-state index contributed by atoms with van der Waals surface area (Å²) in [4.78, 5) is 4.74. The van der Waals surface area contributed by atoms with Crippen LogP contribution in [-0.2, 0) is 6.54 Å². The van der Waals surface area contributed by atoms with Crippen LogP contribution in [0.25, 0.3) is 10.8 Å². The number of likely N-dealkylation sites (tertiary alicyclic amines) is 1. The van der Waals surface area contributed by atoms with Gasteiger partial charge in [-0.3, -0.25) is 4.90 Å². The van der Waals surface area contributed by atoms with Gasteiger partial charge >= 0.3 is 0 Å². The van der Waals surface area contributed by atoms with E-state index in [-0.39, 0.29) is 0 Å². The molecule has 1 fully saturated rings. The van der Waals surface area contributed by atoms with Crippen LogP contribution in [0.4, 0.5) is 5.69 Å². The lowest BCUT2D eigenvalue weighted by Gasteiger charge is -2.26. The third-order valence-electron chi connectivity index (χ3n) is 4.26. The molecule has 0 atom stereocenters. The van der Waals surface area contributed by atoms with Crippen LogP contribution in [0, 0.1) is 0 Å². The Hall–Kier alpha value is -1.54. The van der Waals surface area contributed by atoms with E-state index in [1.165, 1.54) is 54.4 Å². The molecular weight excluding hydrogens is 244 g/mol. The van der Waals surface area contributed by atoms with Crippen molar-refractivity contribution in [3.8, 4) is 0 Å². The molecule has 0 spiro atoms. The lowest BCUT2D eigenvalue weighted by molar-refractivity contribution is 0.221. The van der Waals surface area contributed by atoms with Gasteiger partial charge in [0.15, 0.2) is 0 Å². The molecule has 2 aromatic rings. The molecule has 0 aliphatic carbocycles. The van der Waals surface area contributed by atoms with Gasteiger partial charge in [0.1, 0.15) is 0 Å². The third kappa shape index (κ3) is 2.96. The minimum absolute atomic E-state index is 1.10. The Labute approximate surface area is 122 Å². The third-order valence-corrected chi connectivity index (χ3v) is 4.26. The van der Waals surface area contributed by atoms with Gasteiger partial charge < -0.3 is 4.90 Å². The van der Waals surface area contributed by atoms with Crippen molar-refractivity contribution < 1.29 is 0 Å². The summed E-state index contributed by atoms with van der Waals surface area (Å²) in [5, 5.41) is 2.68. The van der Waals surface area contributed by atoms with Crippen molar-refractivity contribution in [2.75, 3.05) is 32.1 Å². The van der Waals surface area contributed by atoms with Gasteiger partial charge in [-0.05, 0) is 60.5 Å². The molecule has 20 heavy (non-hydrogen) atoms. The van der Waals surface area contributed by atoms with E-state index >= 15 is 0 Å². The largest absolute Gasteiger partial charge is 0.378 e. The number of nitrogens with zero attached hydrogens (tertiary/aromatic N) is 2. The molecule has 3 rings (SSSR count). The van der Waals surface area contributed by atoms with Crippen LogP contribution < -0.4 is 4.90 Å². The second kappa shape index (κ2) is 5.84. The molecule has 2 nitrogen and oxygen atoms in total. The second-order valence-electron chi connectivity index (χ2n) is 6.10. The van der Waals surface area contributed by atoms with Crippen LogP contribution in [0.2, 0.25) is 0 Å². The topological polar surface area (TPSA) is 6.48 Å². The van der Waals surface area contributed by atoms with Gasteiger partial charge in [-0.25, -0.2) is 0 Å². The molecule has 0 unspecified atom stereocenters. The molecular formula is C18H24N2. The zero-order valence-corrected chi connectivity index (χ0v) is 12.6. The number of fused-ring (bicyclic) bond motifs is 1. The van der Waals surface area contributed by atoms with E-state index in [1.807, 2.05) is 0 Å². The number of hydrogen-bond acceptors (Lipinski definition) is 2. The zero-order chi connectivity index (χ0) is 13.9. The summed E-state index contributed by atoms with van der Waals surface area (Å²) >= 11 is 0. The first-order valence-corrected chi connectivity index (χ1v) is 7.65. The van der Waals surface area contributed by atoms with Crippen molar-refractivity contribution in [1.29, 1.82) is 0 Å². The van der Waals surface area contributed by atoms with Crippen LogP contribution in [0.5, 0.6) is 0 Å². The lowest BCUT2D eigenvalue weighted by atomic mass is 10.0. The molecule has 0 N–H and O–H groups in total. The standard InChI is InChI=1S/C18H24N2/c1-19(2)18-9-8-16-12-15(6-7-17(16)13-18)14-20-10-4-3-5-11-20/h6-9,12-13H,3-5,10-11,14H2,1-2H3. The fourth-order valence-corrected chi connectivity index (χ4v) is 3.03. The molecule has 2 heteroatoms. The summed E-state index contributed by atoms with van der Waals surface area (Å²) < 4.78 is 0. The number of piperidine rings is 1. The average molecular weight is 268 g/mol. The molecule has 1 saturated heterocycles. The first-order chi connectivity index (χ1) is 9.72. The summed E-state index contributed by atoms with van der Waals surface area (Å²) in [6, 6.07) is 13.6. The van der Waals surface area contributed by atoms with Crippen molar-refractivity contribution in [2.45, 2.75) is 25.8 Å². The van der Waals surface area contributed by atoms with E-state index < -0.39 is 0 Å². The molecule has 1 heterocycles. The van der Waals surface area contributed by atoms with E-state index in [0.29, 0.717) is 0 Å². The Kier molecular flexibility index (Phi) is 3.93. The molecule has 0 bridgehead atoms. The van der Waals surface area contributed by atoms with E-state index in [4.69, 9.17) is 0 Å². The van der Waals surface area contributed by atoms with Crippen molar-refractivity contribution in [1.82, 2.24) is 4.90 Å². The monoisotopic (exact) mass is 268 g/mol. The fraction of sp³-hybridized carbons (Fsp3) is 0.444. The number of benzene rings is 2. The Balaban J connectivity index is 1.81. The Morgan fingerprint density at radius 3 is 2.35 bits per heavy atom. The van der Waals surface area contributed by atoms with E-state index in [2.05, 4.69) is 60.3 Å². The van der Waals surface area contributed by atoms with Crippen molar-refractivity contribution in [3.63, 3.8) is 0 Å². The average Bonchev–Trinajstić information content (AvgIpc) is 2.47. The predicted octanol–water partition coefficient (Wildman–Crippen LogP) is 3.89. The highest BCUT2D eigenvalue weighted by molar-refractivity contribution is 5.86. The van der Waals surface area contributed by atoms with Gasteiger partial charge in [0, 0.05) is 26.3 Å². The maximum atomic E-state index is 2.58. The highest BCUT2D eigenvalue weighted by Crippen LogP contribution is 2.23. The molecule has 2 aromatic carbocycles. The Morgan fingerprint density at radius 2 is 1.60 bits per heavy atom. The van der Waals surface area contributed by atoms with Crippen LogP contribution in [0.15, 0.2) is 36.4 Å². The minimum atomic E-state index is 1.10. The minimum Gasteiger partial charge on any atom is -0.378 e. The lowest BCUT2D eigenvalue weighted by Crippen LogP contribution is -2.29. The van der Waals surface area contributed by atoms with Crippen LogP contribution in [-0.4, -0.2) is 32.1 Å². The molecule has 1 aliphatic heterocycles. The molecule has 0 radical (unpaired) electrons. The Morgan fingerprint density at radius 1 is 0.900 bits per heavy atom. The van der Waals surface area contributed by atoms with Gasteiger partial charge in [0.05, 0.1) is 0 Å². The van der Waals surface area contributed by atoms with Crippen LogP contribution >= 0.6 is 0 Å². The van der Waals surface area contributed by atoms with Gasteiger partial charge in [0.25, 0.3) is 0 Å². The molecule has 0 amide bonds. The van der Waals surface area contributed by atoms with Gasteiger partial charge in [-0.15, -0.1) is 0 Å². The van der Waals surface area contributed by atoms with E-state index in [0.717, 1.165) is 6.54 Å². The molecule has 0 saturated carbocycles. The maximum Gasteiger partial charge on any atom is 0.0367 e. The van der Waals surface area contributed by atoms with Gasteiger partial charge in [-0.1, -0.05) is 24.6 Å². The molecule has 106 valence electrons. The van der Waals surface area contributed by atoms with Gasteiger partial charge in [0.2, 0.25) is 0 Å². The van der Waals surface area contributed by atoms with Crippen LogP contribution in [0.1, 0.15) is 24.8 Å². The highest BCUT2D eigenvalue weighted by atomic mass is 15.1. The summed E-state index contributed by atoms with van der Waals surface area (Å²) in [6.45, 7) is 3.63. The maximum absolute atomic E-state index is 2.58. The summed E-state index contributed by atoms with van der Waals surface area (Å²) in [6.07, 6.45) is 4.13. The Bertz CT molecular complexity index is 583. The quantitative estimate of drug-likeness (QED) is 0.833. The fourth-order valence-electron chi connectivity index (χ4n) is 3.03. The normalized spacial score (nSPS) is 16.5. The summed E-state index contributed by atoms with van der Waals surface area (Å²) in [7, 11) is 4.18. The SMILES string of the molecule is CN(C)c1ccc2cc(CN3CCCCC3)ccc2c1. The van der Waals surface area contributed by atoms with Crippen LogP contribution in [0.3, 0.4) is 0 Å². The molecule has 0 aromatic heterocycles. The first-order valence-electron chi connectivity index (χ1n) is 7.65. The second-order valence-corrected chi connectivity index (χ2v) is 6.10. The van der Waals surface area contributed by atoms with E-state index in [9.17, 15) is 0 Å². The summed E-state index contributed by atoms with van der Waals surface area (Å²) in [5.74, 6) is 0.